The zero-order valence-corrected chi connectivity index (χ0v) is 20.1. The maximum absolute atomic E-state index is 13.5. The summed E-state index contributed by atoms with van der Waals surface area (Å²) < 4.78 is 32.0. The number of rotatable bonds is 12. The summed E-state index contributed by atoms with van der Waals surface area (Å²) in [7, 11) is 0. The molecule has 0 aromatic heterocycles. The number of likely N-dealkylation sites (tertiary alicyclic amines) is 1. The Morgan fingerprint density at radius 3 is 1.94 bits per heavy atom. The normalized spacial score (nSPS) is 15.4. The van der Waals surface area contributed by atoms with Crippen molar-refractivity contribution in [3.05, 3.63) is 71.3 Å². The Balaban J connectivity index is 1.50. The van der Waals surface area contributed by atoms with Crippen LogP contribution >= 0.6 is 0 Å². The first-order chi connectivity index (χ1) is 16.4. The molecule has 4 nitrogen and oxygen atoms in total. The lowest BCUT2D eigenvalue weighted by atomic mass is 9.72. The highest BCUT2D eigenvalue weighted by atomic mass is 19.1. The topological polar surface area (TPSA) is 49.8 Å². The van der Waals surface area contributed by atoms with E-state index in [-0.39, 0.29) is 23.5 Å². The molecule has 186 valence electrons. The van der Waals surface area contributed by atoms with Crippen molar-refractivity contribution in [3.8, 4) is 0 Å². The number of unbranched alkanes of at least 4 members (excludes halogenated alkanes) is 4. The lowest BCUT2D eigenvalue weighted by Crippen LogP contribution is -2.44. The number of carbonyl (C=O) groups excluding carboxylic acids is 1. The van der Waals surface area contributed by atoms with E-state index in [1.165, 1.54) is 24.3 Å². The van der Waals surface area contributed by atoms with Gasteiger partial charge < -0.3 is 14.7 Å². The minimum absolute atomic E-state index is 0.0393. The van der Waals surface area contributed by atoms with Crippen molar-refractivity contribution in [2.45, 2.75) is 63.9 Å². The summed E-state index contributed by atoms with van der Waals surface area (Å²) in [4.78, 5) is 13.8. The third kappa shape index (κ3) is 7.09. The Bertz CT molecular complexity index is 832. The number of aliphatic hydroxyl groups is 1. The number of piperidine rings is 1. The standard InChI is InChI=1S/C28H37F2NO3/c1-2-34-27(32)8-6-4-3-5-7-19-31-20-17-24(18-21-31)28(33,22-9-13-25(29)14-10-22)23-11-15-26(30)16-12-23/h9-16,24,33H,2-8,17-21H2,1H3. The van der Waals surface area contributed by atoms with Crippen molar-refractivity contribution in [2.75, 3.05) is 26.2 Å². The summed E-state index contributed by atoms with van der Waals surface area (Å²) in [5, 5.41) is 11.9. The van der Waals surface area contributed by atoms with Gasteiger partial charge in [0.25, 0.3) is 0 Å². The molecular formula is C28H37F2NO3. The summed E-state index contributed by atoms with van der Waals surface area (Å²) in [6.45, 7) is 5.07. The minimum Gasteiger partial charge on any atom is -0.466 e. The highest BCUT2D eigenvalue weighted by Crippen LogP contribution is 2.42. The first kappa shape index (κ1) is 26.3. The first-order valence-electron chi connectivity index (χ1n) is 12.6. The second-order valence-electron chi connectivity index (χ2n) is 9.22. The molecule has 1 aliphatic rings. The average Bonchev–Trinajstić information content (AvgIpc) is 2.84. The van der Waals surface area contributed by atoms with Crippen LogP contribution < -0.4 is 0 Å². The van der Waals surface area contributed by atoms with Crippen molar-refractivity contribution in [1.82, 2.24) is 4.90 Å². The number of carbonyl (C=O) groups is 1. The van der Waals surface area contributed by atoms with Gasteiger partial charge in [0, 0.05) is 6.42 Å². The van der Waals surface area contributed by atoms with Crippen LogP contribution in [-0.2, 0) is 15.1 Å². The lowest BCUT2D eigenvalue weighted by molar-refractivity contribution is -0.143. The van der Waals surface area contributed by atoms with Crippen molar-refractivity contribution in [3.63, 3.8) is 0 Å². The Labute approximate surface area is 201 Å². The molecule has 1 saturated heterocycles. The largest absolute Gasteiger partial charge is 0.466 e. The maximum atomic E-state index is 13.5. The van der Waals surface area contributed by atoms with Gasteiger partial charge in [0.1, 0.15) is 17.2 Å². The predicted octanol–water partition coefficient (Wildman–Crippen LogP) is 5.82. The van der Waals surface area contributed by atoms with E-state index in [0.717, 1.165) is 64.6 Å². The summed E-state index contributed by atoms with van der Waals surface area (Å²) in [6.07, 6.45) is 7.42. The lowest BCUT2D eigenvalue weighted by Gasteiger charge is -2.42. The van der Waals surface area contributed by atoms with E-state index in [4.69, 9.17) is 4.74 Å². The zero-order chi connectivity index (χ0) is 24.4. The third-order valence-electron chi connectivity index (χ3n) is 6.91. The van der Waals surface area contributed by atoms with E-state index in [0.29, 0.717) is 24.2 Å². The smallest absolute Gasteiger partial charge is 0.305 e. The number of halogens is 2. The van der Waals surface area contributed by atoms with Crippen molar-refractivity contribution >= 4 is 5.97 Å². The number of ether oxygens (including phenoxy) is 1. The van der Waals surface area contributed by atoms with Crippen molar-refractivity contribution in [1.29, 1.82) is 0 Å². The third-order valence-corrected chi connectivity index (χ3v) is 6.91. The van der Waals surface area contributed by atoms with Crippen LogP contribution in [0.15, 0.2) is 48.5 Å². The molecule has 0 saturated carbocycles. The molecule has 1 N–H and O–H groups in total. The van der Waals surface area contributed by atoms with Gasteiger partial charge in [-0.1, -0.05) is 43.5 Å². The van der Waals surface area contributed by atoms with E-state index in [1.807, 2.05) is 6.92 Å². The van der Waals surface area contributed by atoms with Crippen LogP contribution in [0.25, 0.3) is 0 Å². The van der Waals surface area contributed by atoms with Crippen LogP contribution in [0.2, 0.25) is 0 Å². The maximum Gasteiger partial charge on any atom is 0.305 e. The molecule has 0 amide bonds. The fourth-order valence-corrected chi connectivity index (χ4v) is 4.99. The summed E-state index contributed by atoms with van der Waals surface area (Å²) in [5.74, 6) is -0.837. The van der Waals surface area contributed by atoms with Crippen molar-refractivity contribution in [2.24, 2.45) is 5.92 Å². The highest BCUT2D eigenvalue weighted by Gasteiger charge is 2.41. The molecule has 0 bridgehead atoms. The van der Waals surface area contributed by atoms with Gasteiger partial charge in [-0.25, -0.2) is 8.78 Å². The van der Waals surface area contributed by atoms with Gasteiger partial charge >= 0.3 is 5.97 Å². The van der Waals surface area contributed by atoms with E-state index in [2.05, 4.69) is 4.90 Å². The van der Waals surface area contributed by atoms with Gasteiger partial charge in [0.05, 0.1) is 6.61 Å². The molecule has 0 unspecified atom stereocenters. The van der Waals surface area contributed by atoms with Crippen molar-refractivity contribution < 1.29 is 23.4 Å². The van der Waals surface area contributed by atoms with Crippen LogP contribution in [0.4, 0.5) is 8.78 Å². The van der Waals surface area contributed by atoms with Crippen LogP contribution in [0.3, 0.4) is 0 Å². The Morgan fingerprint density at radius 1 is 0.912 bits per heavy atom. The number of benzene rings is 2. The number of nitrogens with zero attached hydrogens (tertiary/aromatic N) is 1. The zero-order valence-electron chi connectivity index (χ0n) is 20.1. The quantitative estimate of drug-likeness (QED) is 0.312. The second-order valence-corrected chi connectivity index (χ2v) is 9.22. The second kappa shape index (κ2) is 13.0. The van der Waals surface area contributed by atoms with Crippen LogP contribution in [-0.4, -0.2) is 42.2 Å². The van der Waals surface area contributed by atoms with Gasteiger partial charge in [-0.05, 0) is 93.6 Å². The van der Waals surface area contributed by atoms with Gasteiger partial charge in [-0.15, -0.1) is 0 Å². The van der Waals surface area contributed by atoms with E-state index in [1.54, 1.807) is 24.3 Å². The molecule has 6 heteroatoms. The SMILES string of the molecule is CCOC(=O)CCCCCCCN1CCC(C(O)(c2ccc(F)cc2)c2ccc(F)cc2)CC1. The molecule has 2 aromatic rings. The van der Waals surface area contributed by atoms with Crippen LogP contribution in [0, 0.1) is 17.6 Å². The molecule has 1 aliphatic heterocycles. The van der Waals surface area contributed by atoms with Gasteiger partial charge in [0.2, 0.25) is 0 Å². The molecule has 3 rings (SSSR count). The molecule has 0 aliphatic carbocycles. The van der Waals surface area contributed by atoms with Gasteiger partial charge in [-0.2, -0.15) is 0 Å². The summed E-state index contributed by atoms with van der Waals surface area (Å²) in [5.41, 5.74) is -0.00424. The molecule has 0 atom stereocenters. The van der Waals surface area contributed by atoms with Gasteiger partial charge in [-0.3, -0.25) is 4.79 Å². The Morgan fingerprint density at radius 2 is 1.41 bits per heavy atom. The average molecular weight is 474 g/mol. The Hall–Kier alpha value is -2.31. The molecular weight excluding hydrogens is 436 g/mol. The Kier molecular flexibility index (Phi) is 10.0. The number of esters is 1. The van der Waals surface area contributed by atoms with E-state index in [9.17, 15) is 18.7 Å². The molecule has 1 heterocycles. The highest BCUT2D eigenvalue weighted by molar-refractivity contribution is 5.69. The van der Waals surface area contributed by atoms with E-state index >= 15 is 0 Å². The molecule has 1 fully saturated rings. The number of hydrogen-bond acceptors (Lipinski definition) is 4. The molecule has 34 heavy (non-hydrogen) atoms. The fourth-order valence-electron chi connectivity index (χ4n) is 4.99. The monoisotopic (exact) mass is 473 g/mol. The molecule has 0 spiro atoms. The molecule has 2 aromatic carbocycles. The molecule has 0 radical (unpaired) electrons. The minimum atomic E-state index is -1.29. The summed E-state index contributed by atoms with van der Waals surface area (Å²) >= 11 is 0. The van der Waals surface area contributed by atoms with Crippen LogP contribution in [0.1, 0.15) is 69.4 Å². The first-order valence-corrected chi connectivity index (χ1v) is 12.6. The van der Waals surface area contributed by atoms with E-state index < -0.39 is 5.60 Å². The number of hydrogen-bond donors (Lipinski definition) is 1. The fraction of sp³-hybridized carbons (Fsp3) is 0.536. The van der Waals surface area contributed by atoms with Gasteiger partial charge in [0.15, 0.2) is 0 Å². The predicted molar refractivity (Wildman–Crippen MR) is 129 cm³/mol. The van der Waals surface area contributed by atoms with Crippen LogP contribution in [0.5, 0.6) is 0 Å². The summed E-state index contributed by atoms with van der Waals surface area (Å²) in [6, 6.07) is 12.0.